The molecule has 0 aromatic heterocycles. The van der Waals surface area contributed by atoms with Crippen LogP contribution in [-0.4, -0.2) is 55.0 Å². The highest BCUT2D eigenvalue weighted by Gasteiger charge is 2.29. The quantitative estimate of drug-likeness (QED) is 0.440. The van der Waals surface area contributed by atoms with E-state index in [0.29, 0.717) is 18.6 Å². The van der Waals surface area contributed by atoms with Crippen LogP contribution in [0.3, 0.4) is 0 Å². The molecule has 0 bridgehead atoms. The van der Waals surface area contributed by atoms with Gasteiger partial charge in [0.05, 0.1) is 13.2 Å². The average molecular weight is 424 g/mol. The third-order valence-corrected chi connectivity index (χ3v) is 5.53. The normalized spacial score (nSPS) is 14.9. The molecule has 29 heavy (non-hydrogen) atoms. The zero-order valence-corrected chi connectivity index (χ0v) is 18.5. The Morgan fingerprint density at radius 3 is 2.28 bits per heavy atom. The van der Waals surface area contributed by atoms with Gasteiger partial charge in [0, 0.05) is 6.42 Å². The summed E-state index contributed by atoms with van der Waals surface area (Å²) in [5, 5.41) is 5.49. The highest BCUT2D eigenvalue weighted by Crippen LogP contribution is 2.09. The van der Waals surface area contributed by atoms with Gasteiger partial charge in [-0.3, -0.25) is 9.59 Å². The van der Waals surface area contributed by atoms with Gasteiger partial charge in [0.2, 0.25) is 11.8 Å². The highest BCUT2D eigenvalue weighted by molar-refractivity contribution is 7.98. The zero-order valence-electron chi connectivity index (χ0n) is 17.6. The van der Waals surface area contributed by atoms with E-state index in [9.17, 15) is 14.4 Å². The van der Waals surface area contributed by atoms with Gasteiger partial charge in [-0.15, -0.1) is 0 Å². The van der Waals surface area contributed by atoms with Crippen molar-refractivity contribution in [3.63, 3.8) is 0 Å². The molecule has 1 aromatic rings. The molecule has 162 valence electrons. The van der Waals surface area contributed by atoms with Crippen LogP contribution in [0.2, 0.25) is 0 Å². The second-order valence-corrected chi connectivity index (χ2v) is 8.01. The fourth-order valence-electron chi connectivity index (χ4n) is 2.74. The summed E-state index contributed by atoms with van der Waals surface area (Å²) in [5.74, 6) is -0.646. The first-order valence-electron chi connectivity index (χ1n) is 9.81. The van der Waals surface area contributed by atoms with Gasteiger partial charge < -0.3 is 21.1 Å². The van der Waals surface area contributed by atoms with Crippen LogP contribution in [-0.2, 0) is 25.5 Å². The summed E-state index contributed by atoms with van der Waals surface area (Å²) in [6.45, 7) is 3.85. The Bertz CT molecular complexity index is 657. The van der Waals surface area contributed by atoms with Crippen molar-refractivity contribution in [3.05, 3.63) is 35.9 Å². The number of thioether (sulfide) groups is 1. The Morgan fingerprint density at radius 2 is 1.72 bits per heavy atom. The monoisotopic (exact) mass is 423 g/mol. The fourth-order valence-corrected chi connectivity index (χ4v) is 3.21. The van der Waals surface area contributed by atoms with Crippen LogP contribution in [0.15, 0.2) is 30.3 Å². The second-order valence-electron chi connectivity index (χ2n) is 7.03. The lowest BCUT2D eigenvalue weighted by Crippen LogP contribution is -2.56. The number of nitrogens with two attached hydrogens (primary N) is 1. The minimum atomic E-state index is -0.846. The van der Waals surface area contributed by atoms with Crippen molar-refractivity contribution in [3.8, 4) is 0 Å². The Hall–Kier alpha value is -2.06. The van der Waals surface area contributed by atoms with Gasteiger partial charge in [-0.2, -0.15) is 11.8 Å². The molecule has 0 aliphatic heterocycles. The van der Waals surface area contributed by atoms with Crippen LogP contribution in [0, 0.1) is 5.92 Å². The predicted molar refractivity (Wildman–Crippen MR) is 116 cm³/mol. The summed E-state index contributed by atoms with van der Waals surface area (Å²) in [7, 11) is 1.29. The van der Waals surface area contributed by atoms with Crippen LogP contribution < -0.4 is 16.4 Å². The molecule has 1 aromatic carbocycles. The van der Waals surface area contributed by atoms with E-state index >= 15 is 0 Å². The van der Waals surface area contributed by atoms with Gasteiger partial charge in [0.1, 0.15) is 12.1 Å². The van der Waals surface area contributed by atoms with Crippen molar-refractivity contribution < 1.29 is 19.1 Å². The third kappa shape index (κ3) is 8.45. The predicted octanol–water partition coefficient (Wildman–Crippen LogP) is 1.50. The molecule has 0 unspecified atom stereocenters. The molecule has 7 nitrogen and oxygen atoms in total. The fraction of sp³-hybridized carbons (Fsp3) is 0.571. The highest BCUT2D eigenvalue weighted by atomic mass is 32.2. The van der Waals surface area contributed by atoms with Crippen molar-refractivity contribution in [1.29, 1.82) is 0 Å². The summed E-state index contributed by atoms with van der Waals surface area (Å²) >= 11 is 1.57. The van der Waals surface area contributed by atoms with Gasteiger partial charge in [0.15, 0.2) is 0 Å². The number of hydrogen-bond donors (Lipinski definition) is 3. The number of rotatable bonds is 12. The summed E-state index contributed by atoms with van der Waals surface area (Å²) in [6.07, 6.45) is 3.41. The van der Waals surface area contributed by atoms with E-state index in [1.54, 1.807) is 11.8 Å². The Kier molecular flexibility index (Phi) is 11.4. The van der Waals surface area contributed by atoms with Crippen LogP contribution in [0.5, 0.6) is 0 Å². The first-order chi connectivity index (χ1) is 13.8. The van der Waals surface area contributed by atoms with E-state index < -0.39 is 30.0 Å². The molecule has 0 heterocycles. The molecule has 2 amide bonds. The number of carbonyl (C=O) groups excluding carboxylic acids is 3. The molecule has 0 spiro atoms. The minimum Gasteiger partial charge on any atom is -0.467 e. The second kappa shape index (κ2) is 13.2. The molecule has 0 radical (unpaired) electrons. The molecule has 0 fully saturated rings. The number of nitrogens with one attached hydrogen (secondary N) is 2. The van der Waals surface area contributed by atoms with E-state index in [1.165, 1.54) is 7.11 Å². The number of benzene rings is 1. The summed E-state index contributed by atoms with van der Waals surface area (Å²) in [5.41, 5.74) is 6.92. The maximum absolute atomic E-state index is 13.0. The molecule has 0 saturated heterocycles. The number of amides is 2. The molecule has 1 rings (SSSR count). The van der Waals surface area contributed by atoms with E-state index in [-0.39, 0.29) is 11.8 Å². The van der Waals surface area contributed by atoms with E-state index in [2.05, 4.69) is 10.6 Å². The van der Waals surface area contributed by atoms with Crippen molar-refractivity contribution in [2.24, 2.45) is 11.7 Å². The van der Waals surface area contributed by atoms with Crippen LogP contribution >= 0.6 is 11.8 Å². The van der Waals surface area contributed by atoms with Gasteiger partial charge >= 0.3 is 5.97 Å². The average Bonchev–Trinajstić information content (AvgIpc) is 2.74. The van der Waals surface area contributed by atoms with Crippen molar-refractivity contribution in [2.75, 3.05) is 19.1 Å². The van der Waals surface area contributed by atoms with Gasteiger partial charge in [0.25, 0.3) is 0 Å². The summed E-state index contributed by atoms with van der Waals surface area (Å²) in [6, 6.07) is 7.06. The Morgan fingerprint density at radius 1 is 1.10 bits per heavy atom. The minimum absolute atomic E-state index is 0.0140. The summed E-state index contributed by atoms with van der Waals surface area (Å²) in [4.78, 5) is 37.6. The number of hydrogen-bond acceptors (Lipinski definition) is 6. The van der Waals surface area contributed by atoms with Crippen molar-refractivity contribution in [2.45, 2.75) is 51.2 Å². The topological polar surface area (TPSA) is 111 Å². The Labute approximate surface area is 177 Å². The smallest absolute Gasteiger partial charge is 0.328 e. The first-order valence-corrected chi connectivity index (χ1v) is 11.2. The third-order valence-electron chi connectivity index (χ3n) is 4.89. The molecule has 4 N–H and O–H groups in total. The lowest BCUT2D eigenvalue weighted by Gasteiger charge is -2.25. The van der Waals surface area contributed by atoms with Gasteiger partial charge in [-0.25, -0.2) is 4.79 Å². The number of ether oxygens (including phenoxy) is 1. The molecule has 0 saturated carbocycles. The number of methoxy groups -OCH3 is 1. The maximum atomic E-state index is 13.0. The number of esters is 1. The molecule has 8 heteroatoms. The molecular weight excluding hydrogens is 390 g/mol. The van der Waals surface area contributed by atoms with Crippen LogP contribution in [0.1, 0.15) is 32.3 Å². The van der Waals surface area contributed by atoms with Crippen LogP contribution in [0.4, 0.5) is 0 Å². The zero-order chi connectivity index (χ0) is 21.8. The van der Waals surface area contributed by atoms with Gasteiger partial charge in [-0.05, 0) is 29.9 Å². The largest absolute Gasteiger partial charge is 0.467 e. The standard InChI is InChI=1S/C21H33N3O4S/c1-5-14(2)18(22)20(26)24-17(13-15-9-7-6-8-10-15)19(25)23-16(11-12-29-4)21(27)28-3/h6-10,14,16-18H,5,11-13,22H2,1-4H3,(H,23,25)(H,24,26)/t14-,16-,17-,18-/m0/s1. The molecule has 4 atom stereocenters. The SMILES string of the molecule is CC[C@H](C)[C@H](N)C(=O)N[C@@H](Cc1ccccc1)C(=O)N[C@@H](CCSC)C(=O)OC. The van der Waals surface area contributed by atoms with Crippen LogP contribution in [0.25, 0.3) is 0 Å². The van der Waals surface area contributed by atoms with Crippen molar-refractivity contribution in [1.82, 2.24) is 10.6 Å². The first kappa shape index (κ1) is 25.0. The van der Waals surface area contributed by atoms with E-state index in [4.69, 9.17) is 10.5 Å². The number of carbonyl (C=O) groups is 3. The van der Waals surface area contributed by atoms with E-state index in [0.717, 1.165) is 12.0 Å². The molecular formula is C21H33N3O4S. The Balaban J connectivity index is 2.97. The lowest BCUT2D eigenvalue weighted by atomic mass is 9.98. The maximum Gasteiger partial charge on any atom is 0.328 e. The summed E-state index contributed by atoms with van der Waals surface area (Å²) < 4.78 is 4.80. The van der Waals surface area contributed by atoms with E-state index in [1.807, 2.05) is 50.4 Å². The molecule has 0 aliphatic rings. The lowest BCUT2D eigenvalue weighted by molar-refractivity contribution is -0.145. The van der Waals surface area contributed by atoms with Crippen molar-refractivity contribution >= 4 is 29.5 Å². The van der Waals surface area contributed by atoms with Gasteiger partial charge in [-0.1, -0.05) is 50.6 Å². The molecule has 0 aliphatic carbocycles.